The van der Waals surface area contributed by atoms with Crippen LogP contribution in [0, 0.1) is 0 Å². The molecule has 0 atom stereocenters. The fourth-order valence-electron chi connectivity index (χ4n) is 2.16. The second-order valence-electron chi connectivity index (χ2n) is 5.79. The van der Waals surface area contributed by atoms with Gasteiger partial charge in [0.1, 0.15) is 23.9 Å². The minimum Gasteiger partial charge on any atom is -0.492 e. The third kappa shape index (κ3) is 7.57. The number of Topliss-reactive ketones (excluding diaryl/α,β-unsaturated/α-hetero) is 1. The van der Waals surface area contributed by atoms with E-state index in [4.69, 9.17) is 21.1 Å². The van der Waals surface area contributed by atoms with Gasteiger partial charge in [0.25, 0.3) is 5.91 Å². The summed E-state index contributed by atoms with van der Waals surface area (Å²) in [5.74, 6) is 1.27. The molecule has 0 unspecified atom stereocenters. The quantitative estimate of drug-likeness (QED) is 0.646. The molecule has 0 fully saturated rings. The summed E-state index contributed by atoms with van der Waals surface area (Å²) in [5.41, 5.74) is 1.07. The van der Waals surface area contributed by atoms with E-state index in [9.17, 15) is 9.59 Å². The third-order valence-electron chi connectivity index (χ3n) is 3.57. The lowest BCUT2D eigenvalue weighted by Crippen LogP contribution is -2.32. The maximum absolute atomic E-state index is 11.8. The predicted octanol–water partition coefficient (Wildman–Crippen LogP) is 3.44. The largest absolute Gasteiger partial charge is 0.492 e. The van der Waals surface area contributed by atoms with Crippen LogP contribution in [0.25, 0.3) is 0 Å². The highest BCUT2D eigenvalue weighted by Crippen LogP contribution is 2.15. The number of carbonyl (C=O) groups is 2. The summed E-state index contributed by atoms with van der Waals surface area (Å²) in [4.78, 5) is 22.8. The van der Waals surface area contributed by atoms with Crippen LogP contribution in [-0.4, -0.2) is 31.4 Å². The molecular weight excluding hydrogens is 354 g/mol. The summed E-state index contributed by atoms with van der Waals surface area (Å²) in [6.07, 6.45) is 1.24. The van der Waals surface area contributed by atoms with Crippen LogP contribution in [0.2, 0.25) is 5.02 Å². The number of aryl methyl sites for hydroxylation is 1. The summed E-state index contributed by atoms with van der Waals surface area (Å²) < 4.78 is 10.9. The number of hydrogen-bond donors (Lipinski definition) is 1. The number of nitrogens with one attached hydrogen (secondary N) is 1. The summed E-state index contributed by atoms with van der Waals surface area (Å²) in [6.45, 7) is 2.26. The highest BCUT2D eigenvalue weighted by molar-refractivity contribution is 6.30. The van der Waals surface area contributed by atoms with Crippen LogP contribution < -0.4 is 14.8 Å². The van der Waals surface area contributed by atoms with Crippen LogP contribution >= 0.6 is 11.6 Å². The van der Waals surface area contributed by atoms with Crippen molar-refractivity contribution in [2.75, 3.05) is 19.8 Å². The second-order valence-corrected chi connectivity index (χ2v) is 6.22. The second kappa shape index (κ2) is 10.5. The Hall–Kier alpha value is -2.53. The standard InChI is InChI=1S/C20H22ClNO4/c1-15(23)2-3-16-4-8-19(9-5-16)26-14-20(24)22-12-13-25-18-10-6-17(21)7-11-18/h4-11H,2-3,12-14H2,1H3,(H,22,24). The molecule has 0 heterocycles. The molecule has 0 saturated heterocycles. The first-order valence-corrected chi connectivity index (χ1v) is 8.77. The van der Waals surface area contributed by atoms with Crippen LogP contribution in [-0.2, 0) is 16.0 Å². The molecule has 2 aromatic carbocycles. The maximum atomic E-state index is 11.8. The van der Waals surface area contributed by atoms with Gasteiger partial charge >= 0.3 is 0 Å². The van der Waals surface area contributed by atoms with Crippen LogP contribution in [0.5, 0.6) is 11.5 Å². The molecule has 6 heteroatoms. The lowest BCUT2D eigenvalue weighted by Gasteiger charge is -2.09. The normalized spacial score (nSPS) is 10.2. The van der Waals surface area contributed by atoms with Gasteiger partial charge < -0.3 is 19.6 Å². The van der Waals surface area contributed by atoms with Gasteiger partial charge in [-0.15, -0.1) is 0 Å². The molecule has 5 nitrogen and oxygen atoms in total. The van der Waals surface area contributed by atoms with Crippen molar-refractivity contribution in [2.45, 2.75) is 19.8 Å². The van der Waals surface area contributed by atoms with Gasteiger partial charge in [-0.05, 0) is 55.3 Å². The molecule has 1 amide bonds. The van der Waals surface area contributed by atoms with E-state index in [0.29, 0.717) is 42.5 Å². The van der Waals surface area contributed by atoms with E-state index in [1.54, 1.807) is 43.3 Å². The van der Waals surface area contributed by atoms with Crippen LogP contribution in [0.1, 0.15) is 18.9 Å². The van der Waals surface area contributed by atoms with E-state index in [1.165, 1.54) is 0 Å². The highest BCUT2D eigenvalue weighted by atomic mass is 35.5. The Morgan fingerprint density at radius 1 is 0.962 bits per heavy atom. The number of hydrogen-bond acceptors (Lipinski definition) is 4. The van der Waals surface area contributed by atoms with E-state index in [-0.39, 0.29) is 18.3 Å². The van der Waals surface area contributed by atoms with E-state index < -0.39 is 0 Å². The number of amides is 1. The van der Waals surface area contributed by atoms with Gasteiger partial charge in [-0.2, -0.15) is 0 Å². The Labute approximate surface area is 158 Å². The highest BCUT2D eigenvalue weighted by Gasteiger charge is 2.03. The number of halogens is 1. The first-order chi connectivity index (χ1) is 12.5. The van der Waals surface area contributed by atoms with Crippen LogP contribution in [0.3, 0.4) is 0 Å². The number of benzene rings is 2. The van der Waals surface area contributed by atoms with Crippen molar-refractivity contribution in [3.05, 3.63) is 59.1 Å². The van der Waals surface area contributed by atoms with Gasteiger partial charge in [0.2, 0.25) is 0 Å². The third-order valence-corrected chi connectivity index (χ3v) is 3.82. The molecule has 0 radical (unpaired) electrons. The zero-order valence-electron chi connectivity index (χ0n) is 14.7. The predicted molar refractivity (Wildman–Crippen MR) is 101 cm³/mol. The summed E-state index contributed by atoms with van der Waals surface area (Å²) >= 11 is 5.80. The summed E-state index contributed by atoms with van der Waals surface area (Å²) in [6, 6.07) is 14.4. The van der Waals surface area contributed by atoms with Crippen molar-refractivity contribution < 1.29 is 19.1 Å². The van der Waals surface area contributed by atoms with Crippen LogP contribution in [0.4, 0.5) is 0 Å². The van der Waals surface area contributed by atoms with Crippen molar-refractivity contribution >= 4 is 23.3 Å². The molecule has 0 aliphatic heterocycles. The Kier molecular flexibility index (Phi) is 7.96. The topological polar surface area (TPSA) is 64.6 Å². The molecule has 0 aromatic heterocycles. The number of ketones is 1. The first-order valence-electron chi connectivity index (χ1n) is 8.39. The minimum absolute atomic E-state index is 0.0618. The minimum atomic E-state index is -0.217. The smallest absolute Gasteiger partial charge is 0.258 e. The summed E-state index contributed by atoms with van der Waals surface area (Å²) in [5, 5.41) is 3.37. The van der Waals surface area contributed by atoms with E-state index in [0.717, 1.165) is 5.56 Å². The average molecular weight is 376 g/mol. The maximum Gasteiger partial charge on any atom is 0.258 e. The monoisotopic (exact) mass is 375 g/mol. The van der Waals surface area contributed by atoms with Crippen molar-refractivity contribution in [1.29, 1.82) is 0 Å². The Bertz CT molecular complexity index is 714. The number of rotatable bonds is 10. The lowest BCUT2D eigenvalue weighted by molar-refractivity contribution is -0.123. The van der Waals surface area contributed by atoms with Gasteiger partial charge in [-0.25, -0.2) is 0 Å². The Morgan fingerprint density at radius 2 is 1.58 bits per heavy atom. The van der Waals surface area contributed by atoms with Gasteiger partial charge in [0.05, 0.1) is 6.54 Å². The van der Waals surface area contributed by atoms with Crippen molar-refractivity contribution in [3.63, 3.8) is 0 Å². The number of ether oxygens (including phenoxy) is 2. The molecule has 0 aliphatic rings. The van der Waals surface area contributed by atoms with Gasteiger partial charge in [0, 0.05) is 11.4 Å². The fourth-order valence-corrected chi connectivity index (χ4v) is 2.29. The molecule has 26 heavy (non-hydrogen) atoms. The average Bonchev–Trinajstić information content (AvgIpc) is 2.64. The lowest BCUT2D eigenvalue weighted by atomic mass is 10.1. The molecule has 2 rings (SSSR count). The van der Waals surface area contributed by atoms with Crippen molar-refractivity contribution in [3.8, 4) is 11.5 Å². The molecule has 0 bridgehead atoms. The molecule has 138 valence electrons. The molecule has 0 spiro atoms. The van der Waals surface area contributed by atoms with Gasteiger partial charge in [-0.3, -0.25) is 4.79 Å². The van der Waals surface area contributed by atoms with Crippen LogP contribution in [0.15, 0.2) is 48.5 Å². The fraction of sp³-hybridized carbons (Fsp3) is 0.300. The van der Waals surface area contributed by atoms with E-state index in [2.05, 4.69) is 5.32 Å². The molecule has 0 aliphatic carbocycles. The zero-order valence-corrected chi connectivity index (χ0v) is 15.4. The SMILES string of the molecule is CC(=O)CCc1ccc(OCC(=O)NCCOc2ccc(Cl)cc2)cc1. The first kappa shape index (κ1) is 19.8. The zero-order chi connectivity index (χ0) is 18.8. The number of carbonyl (C=O) groups excluding carboxylic acids is 2. The molecular formula is C20H22ClNO4. The Balaban J connectivity index is 1.62. The molecule has 0 saturated carbocycles. The van der Waals surface area contributed by atoms with Gasteiger partial charge in [-0.1, -0.05) is 23.7 Å². The Morgan fingerprint density at radius 3 is 2.23 bits per heavy atom. The van der Waals surface area contributed by atoms with Gasteiger partial charge in [0.15, 0.2) is 6.61 Å². The van der Waals surface area contributed by atoms with Crippen molar-refractivity contribution in [2.24, 2.45) is 0 Å². The van der Waals surface area contributed by atoms with E-state index in [1.807, 2.05) is 12.1 Å². The van der Waals surface area contributed by atoms with Crippen molar-refractivity contribution in [1.82, 2.24) is 5.32 Å². The van der Waals surface area contributed by atoms with E-state index >= 15 is 0 Å². The molecule has 1 N–H and O–H groups in total. The molecule has 2 aromatic rings. The summed E-state index contributed by atoms with van der Waals surface area (Å²) in [7, 11) is 0.